The third-order valence-electron chi connectivity index (χ3n) is 3.02. The van der Waals surface area contributed by atoms with Gasteiger partial charge in [-0.2, -0.15) is 0 Å². The molecule has 0 bridgehead atoms. The van der Waals surface area contributed by atoms with E-state index in [9.17, 15) is 9.90 Å². The van der Waals surface area contributed by atoms with E-state index in [-0.39, 0.29) is 24.0 Å². The lowest BCUT2D eigenvalue weighted by molar-refractivity contribution is -0.132. The van der Waals surface area contributed by atoms with Gasteiger partial charge in [0.15, 0.2) is 0 Å². The van der Waals surface area contributed by atoms with Gasteiger partial charge < -0.3 is 15.2 Å². The summed E-state index contributed by atoms with van der Waals surface area (Å²) in [7, 11) is 0. The topological polar surface area (TPSA) is 58.6 Å². The molecule has 0 saturated heterocycles. The lowest BCUT2D eigenvalue weighted by atomic mass is 10.0. The van der Waals surface area contributed by atoms with Crippen molar-refractivity contribution in [1.29, 1.82) is 0 Å². The predicted octanol–water partition coefficient (Wildman–Crippen LogP) is 1.32. The third-order valence-corrected chi connectivity index (χ3v) is 3.02. The van der Waals surface area contributed by atoms with Crippen LogP contribution < -0.4 is 5.32 Å². The second-order valence-electron chi connectivity index (χ2n) is 5.35. The van der Waals surface area contributed by atoms with E-state index in [1.165, 1.54) is 12.8 Å². The Balaban J connectivity index is 2.09. The Morgan fingerprint density at radius 3 is 2.59 bits per heavy atom. The molecule has 0 spiro atoms. The van der Waals surface area contributed by atoms with Crippen LogP contribution in [0.1, 0.15) is 40.0 Å². The van der Waals surface area contributed by atoms with E-state index in [0.29, 0.717) is 25.5 Å². The number of nitrogens with one attached hydrogen (secondary N) is 1. The Hall–Kier alpha value is -0.610. The van der Waals surface area contributed by atoms with Crippen molar-refractivity contribution in [3.8, 4) is 0 Å². The predicted molar refractivity (Wildman–Crippen MR) is 66.6 cm³/mol. The van der Waals surface area contributed by atoms with Crippen molar-refractivity contribution in [3.05, 3.63) is 0 Å². The van der Waals surface area contributed by atoms with Gasteiger partial charge in [-0.3, -0.25) is 4.79 Å². The maximum Gasteiger partial charge on any atom is 0.248 e. The number of hydrogen-bond acceptors (Lipinski definition) is 3. The Morgan fingerprint density at radius 2 is 2.06 bits per heavy atom. The molecule has 17 heavy (non-hydrogen) atoms. The van der Waals surface area contributed by atoms with Gasteiger partial charge in [-0.25, -0.2) is 0 Å². The quantitative estimate of drug-likeness (QED) is 0.676. The van der Waals surface area contributed by atoms with E-state index in [2.05, 4.69) is 5.32 Å². The van der Waals surface area contributed by atoms with Crippen molar-refractivity contribution in [2.45, 2.75) is 52.2 Å². The highest BCUT2D eigenvalue weighted by atomic mass is 16.5. The fourth-order valence-corrected chi connectivity index (χ4v) is 1.72. The first-order valence-corrected chi connectivity index (χ1v) is 6.56. The molecule has 1 fully saturated rings. The van der Waals surface area contributed by atoms with Gasteiger partial charge in [-0.1, -0.05) is 6.92 Å². The molecule has 0 radical (unpaired) electrons. The molecule has 0 aromatic heterocycles. The fourth-order valence-electron chi connectivity index (χ4n) is 1.72. The summed E-state index contributed by atoms with van der Waals surface area (Å²) >= 11 is 0. The molecule has 3 unspecified atom stereocenters. The fraction of sp³-hybridized carbons (Fsp3) is 0.923. The van der Waals surface area contributed by atoms with Crippen molar-refractivity contribution >= 4 is 5.91 Å². The molecule has 1 rings (SSSR count). The zero-order chi connectivity index (χ0) is 12.8. The van der Waals surface area contributed by atoms with E-state index in [1.807, 2.05) is 6.92 Å². The van der Waals surface area contributed by atoms with E-state index in [0.717, 1.165) is 0 Å². The summed E-state index contributed by atoms with van der Waals surface area (Å²) in [4.78, 5) is 11.7. The first-order valence-electron chi connectivity index (χ1n) is 6.56. The van der Waals surface area contributed by atoms with Crippen LogP contribution in [0.15, 0.2) is 0 Å². The summed E-state index contributed by atoms with van der Waals surface area (Å²) in [6, 6.07) is 0. The van der Waals surface area contributed by atoms with Crippen molar-refractivity contribution in [3.63, 3.8) is 0 Å². The normalized spacial score (nSPS) is 20.7. The number of carbonyl (C=O) groups is 1. The van der Waals surface area contributed by atoms with E-state index < -0.39 is 0 Å². The van der Waals surface area contributed by atoms with Gasteiger partial charge in [0.1, 0.15) is 6.10 Å². The minimum Gasteiger partial charge on any atom is -0.393 e. The van der Waals surface area contributed by atoms with Crippen LogP contribution in [0.4, 0.5) is 0 Å². The van der Waals surface area contributed by atoms with Crippen LogP contribution in [-0.4, -0.2) is 36.4 Å². The zero-order valence-corrected chi connectivity index (χ0v) is 11.1. The van der Waals surface area contributed by atoms with Crippen molar-refractivity contribution in [2.24, 2.45) is 11.8 Å². The van der Waals surface area contributed by atoms with Gasteiger partial charge >= 0.3 is 0 Å². The maximum atomic E-state index is 11.7. The molecule has 3 atom stereocenters. The summed E-state index contributed by atoms with van der Waals surface area (Å²) in [5, 5.41) is 12.1. The number of ether oxygens (including phenoxy) is 1. The molecule has 4 heteroatoms. The molecule has 0 aliphatic heterocycles. The number of rotatable bonds is 8. The summed E-state index contributed by atoms with van der Waals surface area (Å²) in [5.74, 6) is 0.914. The average molecular weight is 243 g/mol. The number of aliphatic hydroxyl groups excluding tert-OH is 1. The van der Waals surface area contributed by atoms with Crippen molar-refractivity contribution < 1.29 is 14.6 Å². The largest absolute Gasteiger partial charge is 0.393 e. The summed E-state index contributed by atoms with van der Waals surface area (Å²) in [6.07, 6.45) is 2.50. The van der Waals surface area contributed by atoms with Gasteiger partial charge in [0.25, 0.3) is 0 Å². The number of carbonyl (C=O) groups excluding carboxylic acids is 1. The van der Waals surface area contributed by atoms with Gasteiger partial charge in [0.2, 0.25) is 5.91 Å². The highest BCUT2D eigenvalue weighted by molar-refractivity contribution is 5.80. The second-order valence-corrected chi connectivity index (χ2v) is 5.35. The molecule has 0 heterocycles. The van der Waals surface area contributed by atoms with Crippen LogP contribution >= 0.6 is 0 Å². The lowest BCUT2D eigenvalue weighted by Crippen LogP contribution is -2.37. The van der Waals surface area contributed by atoms with Crippen molar-refractivity contribution in [2.75, 3.05) is 13.2 Å². The van der Waals surface area contributed by atoms with Crippen LogP contribution in [0, 0.1) is 11.8 Å². The minimum atomic E-state index is -0.366. The smallest absolute Gasteiger partial charge is 0.248 e. The van der Waals surface area contributed by atoms with Crippen LogP contribution in [-0.2, 0) is 9.53 Å². The molecule has 0 aromatic carbocycles. The van der Waals surface area contributed by atoms with E-state index in [1.54, 1.807) is 13.8 Å². The molecule has 1 saturated carbocycles. The third kappa shape index (κ3) is 6.64. The van der Waals surface area contributed by atoms with Gasteiger partial charge in [-0.05, 0) is 44.9 Å². The average Bonchev–Trinajstić information content (AvgIpc) is 3.05. The standard InChI is InChI=1S/C13H25NO3/c1-9(6-10(2)15)7-14-13(16)11(3)17-8-12-4-5-12/h9-12,15H,4-8H2,1-3H3,(H,14,16). The number of aliphatic hydroxyl groups is 1. The van der Waals surface area contributed by atoms with Gasteiger partial charge in [-0.15, -0.1) is 0 Å². The summed E-state index contributed by atoms with van der Waals surface area (Å²) in [6.45, 7) is 6.87. The Labute approximate surface area is 104 Å². The molecule has 0 aromatic rings. The summed E-state index contributed by atoms with van der Waals surface area (Å²) in [5.41, 5.74) is 0. The molecule has 100 valence electrons. The maximum absolute atomic E-state index is 11.7. The zero-order valence-electron chi connectivity index (χ0n) is 11.1. The first kappa shape index (κ1) is 14.5. The molecule has 1 aliphatic carbocycles. The Morgan fingerprint density at radius 1 is 1.41 bits per heavy atom. The van der Waals surface area contributed by atoms with Crippen LogP contribution in [0.2, 0.25) is 0 Å². The van der Waals surface area contributed by atoms with Crippen molar-refractivity contribution in [1.82, 2.24) is 5.32 Å². The molecular weight excluding hydrogens is 218 g/mol. The molecule has 4 nitrogen and oxygen atoms in total. The number of hydrogen-bond donors (Lipinski definition) is 2. The molecule has 1 aliphatic rings. The Kier molecular flexibility index (Phi) is 5.92. The Bertz CT molecular complexity index is 239. The minimum absolute atomic E-state index is 0.0527. The molecule has 2 N–H and O–H groups in total. The summed E-state index contributed by atoms with van der Waals surface area (Å²) < 4.78 is 5.48. The second kappa shape index (κ2) is 6.97. The number of amides is 1. The molecular formula is C13H25NO3. The lowest BCUT2D eigenvalue weighted by Gasteiger charge is -2.17. The SMILES string of the molecule is CC(O)CC(C)CNC(=O)C(C)OCC1CC1. The van der Waals surface area contributed by atoms with Crippen LogP contribution in [0.25, 0.3) is 0 Å². The monoisotopic (exact) mass is 243 g/mol. The van der Waals surface area contributed by atoms with Gasteiger partial charge in [0.05, 0.1) is 12.7 Å². The van der Waals surface area contributed by atoms with E-state index >= 15 is 0 Å². The van der Waals surface area contributed by atoms with Crippen LogP contribution in [0.3, 0.4) is 0 Å². The van der Waals surface area contributed by atoms with E-state index in [4.69, 9.17) is 4.74 Å². The van der Waals surface area contributed by atoms with Crippen LogP contribution in [0.5, 0.6) is 0 Å². The highest BCUT2D eigenvalue weighted by Crippen LogP contribution is 2.29. The highest BCUT2D eigenvalue weighted by Gasteiger charge is 2.24. The molecule has 1 amide bonds. The first-order chi connectivity index (χ1) is 7.99. The van der Waals surface area contributed by atoms with Gasteiger partial charge in [0, 0.05) is 6.54 Å².